The van der Waals surface area contributed by atoms with Crippen LogP contribution in [0.3, 0.4) is 0 Å². The molecule has 0 amide bonds. The second kappa shape index (κ2) is 7.22. The van der Waals surface area contributed by atoms with Gasteiger partial charge in [-0.05, 0) is 44.1 Å². The topological polar surface area (TPSA) is 75.4 Å². The van der Waals surface area contributed by atoms with Gasteiger partial charge < -0.3 is 5.73 Å². The van der Waals surface area contributed by atoms with Gasteiger partial charge in [-0.3, -0.25) is 0 Å². The van der Waals surface area contributed by atoms with Crippen molar-refractivity contribution >= 4 is 22.6 Å². The van der Waals surface area contributed by atoms with Gasteiger partial charge in [0.05, 0.1) is 0 Å². The maximum Gasteiger partial charge on any atom is 0.279 e. The number of halogens is 1. The number of hydrogen-bond donors (Lipinski definition) is 2. The van der Waals surface area contributed by atoms with Crippen LogP contribution in [0.4, 0.5) is 0 Å². The van der Waals surface area contributed by atoms with Gasteiger partial charge in [0, 0.05) is 19.6 Å². The molecule has 0 radical (unpaired) electrons. The summed E-state index contributed by atoms with van der Waals surface area (Å²) in [5.41, 5.74) is 5.73. The zero-order valence-corrected chi connectivity index (χ0v) is 13.2. The first-order valence-electron chi connectivity index (χ1n) is 6.96. The predicted octanol–water partition coefficient (Wildman–Crippen LogP) is 1.10. The summed E-state index contributed by atoms with van der Waals surface area (Å²) in [4.78, 5) is 0. The molecule has 0 heterocycles. The van der Waals surface area contributed by atoms with Gasteiger partial charge in [0.1, 0.15) is 0 Å². The number of rotatable bonds is 6. The molecule has 2 fully saturated rings. The molecule has 2 unspecified atom stereocenters. The van der Waals surface area contributed by atoms with Crippen LogP contribution < -0.4 is 10.5 Å². The molecule has 2 atom stereocenters. The van der Waals surface area contributed by atoms with E-state index in [9.17, 15) is 8.42 Å². The maximum atomic E-state index is 12.2. The van der Waals surface area contributed by atoms with E-state index < -0.39 is 10.2 Å². The van der Waals surface area contributed by atoms with E-state index in [2.05, 4.69) is 4.72 Å². The van der Waals surface area contributed by atoms with E-state index in [0.717, 1.165) is 38.5 Å². The van der Waals surface area contributed by atoms with Gasteiger partial charge in [-0.15, -0.1) is 12.4 Å². The summed E-state index contributed by atoms with van der Waals surface area (Å²) in [7, 11) is -1.66. The van der Waals surface area contributed by atoms with E-state index in [4.69, 9.17) is 5.73 Å². The highest BCUT2D eigenvalue weighted by molar-refractivity contribution is 7.87. The third-order valence-corrected chi connectivity index (χ3v) is 5.70. The maximum absolute atomic E-state index is 12.2. The first-order chi connectivity index (χ1) is 8.53. The molecule has 7 heteroatoms. The fourth-order valence-corrected chi connectivity index (χ4v) is 3.97. The van der Waals surface area contributed by atoms with Crippen molar-refractivity contribution in [3.63, 3.8) is 0 Å². The second-order valence-electron chi connectivity index (χ2n) is 5.73. The van der Waals surface area contributed by atoms with Crippen molar-refractivity contribution in [3.8, 4) is 0 Å². The minimum absolute atomic E-state index is 0. The fraction of sp³-hybridized carbons (Fsp3) is 1.00. The van der Waals surface area contributed by atoms with Crippen molar-refractivity contribution in [2.24, 2.45) is 17.6 Å². The van der Waals surface area contributed by atoms with Crippen LogP contribution in [-0.2, 0) is 10.2 Å². The number of hydrogen-bond acceptors (Lipinski definition) is 3. The largest absolute Gasteiger partial charge is 0.330 e. The summed E-state index contributed by atoms with van der Waals surface area (Å²) in [5, 5.41) is 0. The van der Waals surface area contributed by atoms with Gasteiger partial charge in [-0.25, -0.2) is 0 Å². The van der Waals surface area contributed by atoms with Crippen LogP contribution in [0.25, 0.3) is 0 Å². The molecule has 0 bridgehead atoms. The molecule has 0 aromatic rings. The zero-order valence-electron chi connectivity index (χ0n) is 11.5. The number of nitrogens with one attached hydrogen (secondary N) is 1. The lowest BCUT2D eigenvalue weighted by molar-refractivity contribution is 0.290. The van der Waals surface area contributed by atoms with Gasteiger partial charge in [0.15, 0.2) is 0 Å². The molecule has 0 spiro atoms. The van der Waals surface area contributed by atoms with Gasteiger partial charge in [0.2, 0.25) is 0 Å². The molecular weight excluding hydrogens is 286 g/mol. The minimum Gasteiger partial charge on any atom is -0.330 e. The Hall–Kier alpha value is 0.120. The molecule has 2 aliphatic rings. The first kappa shape index (κ1) is 17.2. The SMILES string of the molecule is CN(CC1CC1)S(=O)(=O)NC1CCCCC1CN.Cl. The third-order valence-electron chi connectivity index (χ3n) is 4.13. The molecule has 0 aromatic carbocycles. The summed E-state index contributed by atoms with van der Waals surface area (Å²) in [6.45, 7) is 1.22. The van der Waals surface area contributed by atoms with Crippen LogP contribution >= 0.6 is 12.4 Å². The Morgan fingerprint density at radius 3 is 2.42 bits per heavy atom. The molecule has 0 saturated heterocycles. The summed E-state index contributed by atoms with van der Waals surface area (Å²) in [6, 6.07) is 0.0235. The lowest BCUT2D eigenvalue weighted by atomic mass is 9.85. The van der Waals surface area contributed by atoms with E-state index in [1.54, 1.807) is 7.05 Å². The standard InChI is InChI=1S/C12H25N3O2S.ClH/c1-15(9-10-6-7-10)18(16,17)14-12-5-3-2-4-11(12)8-13;/h10-12,14H,2-9,13H2,1H3;1H. The van der Waals surface area contributed by atoms with Crippen molar-refractivity contribution in [1.29, 1.82) is 0 Å². The van der Waals surface area contributed by atoms with E-state index in [1.165, 1.54) is 4.31 Å². The van der Waals surface area contributed by atoms with Crippen molar-refractivity contribution in [1.82, 2.24) is 9.03 Å². The van der Waals surface area contributed by atoms with E-state index in [1.807, 2.05) is 0 Å². The molecule has 5 nitrogen and oxygen atoms in total. The van der Waals surface area contributed by atoms with E-state index in [0.29, 0.717) is 24.9 Å². The summed E-state index contributed by atoms with van der Waals surface area (Å²) in [6.07, 6.45) is 6.53. The Balaban J connectivity index is 0.00000180. The minimum atomic E-state index is -3.33. The van der Waals surface area contributed by atoms with Crippen molar-refractivity contribution in [3.05, 3.63) is 0 Å². The van der Waals surface area contributed by atoms with Crippen molar-refractivity contribution < 1.29 is 8.42 Å². The van der Waals surface area contributed by atoms with Crippen molar-refractivity contribution in [2.45, 2.75) is 44.6 Å². The number of nitrogens with zero attached hydrogens (tertiary/aromatic N) is 1. The average molecular weight is 312 g/mol. The highest BCUT2D eigenvalue weighted by atomic mass is 35.5. The van der Waals surface area contributed by atoms with E-state index >= 15 is 0 Å². The summed E-state index contributed by atoms with van der Waals surface area (Å²) in [5.74, 6) is 0.867. The lowest BCUT2D eigenvalue weighted by Gasteiger charge is -2.32. The smallest absolute Gasteiger partial charge is 0.279 e. The van der Waals surface area contributed by atoms with Gasteiger partial charge in [-0.2, -0.15) is 17.4 Å². The van der Waals surface area contributed by atoms with Crippen LogP contribution in [0.2, 0.25) is 0 Å². The first-order valence-corrected chi connectivity index (χ1v) is 8.40. The highest BCUT2D eigenvalue weighted by Gasteiger charge is 2.32. The summed E-state index contributed by atoms with van der Waals surface area (Å²) < 4.78 is 28.7. The van der Waals surface area contributed by atoms with Gasteiger partial charge in [-0.1, -0.05) is 12.8 Å². The van der Waals surface area contributed by atoms with E-state index in [-0.39, 0.29) is 18.4 Å². The fourth-order valence-electron chi connectivity index (χ4n) is 2.69. The van der Waals surface area contributed by atoms with Crippen LogP contribution in [0.15, 0.2) is 0 Å². The Morgan fingerprint density at radius 1 is 1.21 bits per heavy atom. The number of nitrogens with two attached hydrogens (primary N) is 1. The normalized spacial score (nSPS) is 28.2. The van der Waals surface area contributed by atoms with Crippen LogP contribution in [0.1, 0.15) is 38.5 Å². The molecule has 2 aliphatic carbocycles. The monoisotopic (exact) mass is 311 g/mol. The van der Waals surface area contributed by atoms with Crippen LogP contribution in [-0.4, -0.2) is 38.9 Å². The molecule has 2 rings (SSSR count). The molecule has 3 N–H and O–H groups in total. The van der Waals surface area contributed by atoms with Crippen molar-refractivity contribution in [2.75, 3.05) is 20.1 Å². The summed E-state index contributed by atoms with van der Waals surface area (Å²) >= 11 is 0. The van der Waals surface area contributed by atoms with Crippen LogP contribution in [0, 0.1) is 11.8 Å². The molecule has 19 heavy (non-hydrogen) atoms. The molecule has 2 saturated carbocycles. The molecular formula is C12H26ClN3O2S. The molecule has 114 valence electrons. The highest BCUT2D eigenvalue weighted by Crippen LogP contribution is 2.30. The van der Waals surface area contributed by atoms with Crippen LogP contribution in [0.5, 0.6) is 0 Å². The average Bonchev–Trinajstić information content (AvgIpc) is 3.13. The predicted molar refractivity (Wildman–Crippen MR) is 79.5 cm³/mol. The second-order valence-corrected chi connectivity index (χ2v) is 7.54. The lowest BCUT2D eigenvalue weighted by Crippen LogP contribution is -2.49. The Labute approximate surface area is 122 Å². The van der Waals surface area contributed by atoms with Gasteiger partial charge in [0.25, 0.3) is 10.2 Å². The Morgan fingerprint density at radius 2 is 1.84 bits per heavy atom. The Bertz CT molecular complexity index is 373. The van der Waals surface area contributed by atoms with Gasteiger partial charge >= 0.3 is 0 Å². The zero-order chi connectivity index (χ0) is 13.2. The molecule has 0 aliphatic heterocycles. The molecule has 0 aromatic heterocycles. The Kier molecular flexibility index (Phi) is 6.53. The third kappa shape index (κ3) is 4.86. The quantitative estimate of drug-likeness (QED) is 0.771.